The lowest BCUT2D eigenvalue weighted by Gasteiger charge is -2.30. The minimum atomic E-state index is -0.273. The van der Waals surface area contributed by atoms with Gasteiger partial charge in [-0.1, -0.05) is 13.8 Å². The first kappa shape index (κ1) is 9.97. The van der Waals surface area contributed by atoms with Gasteiger partial charge in [0, 0.05) is 13.2 Å². The van der Waals surface area contributed by atoms with Crippen LogP contribution in [-0.2, 0) is 9.53 Å². The first-order valence-corrected chi connectivity index (χ1v) is 5.34. The molecule has 1 saturated heterocycles. The number of ether oxygens (including phenoxy) is 1. The summed E-state index contributed by atoms with van der Waals surface area (Å²) in [6.07, 6.45) is 2.67. The van der Waals surface area contributed by atoms with Crippen LogP contribution < -0.4 is 5.73 Å². The number of amides is 1. The maximum Gasteiger partial charge on any atom is 0.223 e. The zero-order chi connectivity index (χ0) is 10.4. The molecule has 3 heteroatoms. The molecule has 2 N–H and O–H groups in total. The van der Waals surface area contributed by atoms with Crippen molar-refractivity contribution in [3.63, 3.8) is 0 Å². The summed E-state index contributed by atoms with van der Waals surface area (Å²) in [6.45, 7) is 5.92. The normalized spacial score (nSPS) is 40.6. The molecule has 0 aromatic heterocycles. The van der Waals surface area contributed by atoms with Gasteiger partial charge in [-0.2, -0.15) is 0 Å². The summed E-state index contributed by atoms with van der Waals surface area (Å²) in [5.41, 5.74) is 5.47. The van der Waals surface area contributed by atoms with Gasteiger partial charge in [-0.05, 0) is 30.6 Å². The lowest BCUT2D eigenvalue weighted by atomic mass is 9.78. The van der Waals surface area contributed by atoms with Gasteiger partial charge in [0.2, 0.25) is 5.91 Å². The molecule has 2 bridgehead atoms. The molecule has 2 fully saturated rings. The molecule has 0 aromatic carbocycles. The Kier molecular flexibility index (Phi) is 2.11. The first-order chi connectivity index (χ1) is 6.46. The Bertz CT molecular complexity index is 262. The molecule has 1 aliphatic carbocycles. The fourth-order valence-corrected chi connectivity index (χ4v) is 3.12. The van der Waals surface area contributed by atoms with Gasteiger partial charge in [-0.3, -0.25) is 4.79 Å². The van der Waals surface area contributed by atoms with E-state index in [2.05, 4.69) is 13.8 Å². The summed E-state index contributed by atoms with van der Waals surface area (Å²) in [4.78, 5) is 11.5. The van der Waals surface area contributed by atoms with Crippen LogP contribution >= 0.6 is 0 Å². The van der Waals surface area contributed by atoms with Crippen LogP contribution in [0, 0.1) is 16.7 Å². The first-order valence-electron chi connectivity index (χ1n) is 5.34. The van der Waals surface area contributed by atoms with Gasteiger partial charge in [0.15, 0.2) is 0 Å². The number of hydrogen-bond donors (Lipinski definition) is 1. The van der Waals surface area contributed by atoms with E-state index >= 15 is 0 Å². The van der Waals surface area contributed by atoms with Gasteiger partial charge in [0.1, 0.15) is 0 Å². The van der Waals surface area contributed by atoms with Crippen LogP contribution in [0.25, 0.3) is 0 Å². The second-order valence-corrected chi connectivity index (χ2v) is 5.54. The molecule has 1 heterocycles. The molecule has 1 saturated carbocycles. The fraction of sp³-hybridized carbons (Fsp3) is 0.909. The van der Waals surface area contributed by atoms with E-state index < -0.39 is 0 Å². The molecule has 2 atom stereocenters. The zero-order valence-corrected chi connectivity index (χ0v) is 9.01. The van der Waals surface area contributed by atoms with Gasteiger partial charge in [0.25, 0.3) is 0 Å². The van der Waals surface area contributed by atoms with Gasteiger partial charge in [0.05, 0.1) is 5.41 Å². The van der Waals surface area contributed by atoms with Crippen LogP contribution in [0.2, 0.25) is 0 Å². The van der Waals surface area contributed by atoms with E-state index in [0.29, 0.717) is 12.5 Å². The van der Waals surface area contributed by atoms with Crippen molar-refractivity contribution in [3.05, 3.63) is 0 Å². The predicted octanol–water partition coefficient (Wildman–Crippen LogP) is 1.31. The average Bonchev–Trinajstić information content (AvgIpc) is 2.26. The smallest absolute Gasteiger partial charge is 0.223 e. The van der Waals surface area contributed by atoms with Crippen molar-refractivity contribution in [1.82, 2.24) is 0 Å². The van der Waals surface area contributed by atoms with Gasteiger partial charge in [-0.15, -0.1) is 0 Å². The minimum Gasteiger partial charge on any atom is -0.381 e. The van der Waals surface area contributed by atoms with Crippen LogP contribution in [0.5, 0.6) is 0 Å². The summed E-state index contributed by atoms with van der Waals surface area (Å²) >= 11 is 0. The number of primary amides is 1. The summed E-state index contributed by atoms with van der Waals surface area (Å²) in [5.74, 6) is 0.371. The van der Waals surface area contributed by atoms with Crippen LogP contribution in [0.15, 0.2) is 0 Å². The Morgan fingerprint density at radius 3 is 2.86 bits per heavy atom. The van der Waals surface area contributed by atoms with Crippen LogP contribution in [0.1, 0.15) is 33.1 Å². The molecular weight excluding hydrogens is 178 g/mol. The molecule has 1 unspecified atom stereocenters. The third-order valence-corrected chi connectivity index (χ3v) is 4.10. The monoisotopic (exact) mass is 197 g/mol. The Labute approximate surface area is 85.0 Å². The van der Waals surface area contributed by atoms with Crippen LogP contribution in [0.4, 0.5) is 0 Å². The number of carbonyl (C=O) groups excluding carboxylic acids is 1. The topological polar surface area (TPSA) is 52.3 Å². The zero-order valence-electron chi connectivity index (χ0n) is 9.01. The molecular formula is C11H19NO2. The number of fused-ring (bicyclic) bond motifs is 2. The highest BCUT2D eigenvalue weighted by Crippen LogP contribution is 2.55. The molecule has 1 aliphatic heterocycles. The highest BCUT2D eigenvalue weighted by atomic mass is 16.5. The fourth-order valence-electron chi connectivity index (χ4n) is 3.12. The van der Waals surface area contributed by atoms with E-state index in [1.165, 1.54) is 0 Å². The molecule has 3 nitrogen and oxygen atoms in total. The van der Waals surface area contributed by atoms with Crippen LogP contribution in [-0.4, -0.2) is 19.1 Å². The van der Waals surface area contributed by atoms with Crippen molar-refractivity contribution in [2.75, 3.05) is 13.2 Å². The Morgan fingerprint density at radius 1 is 1.50 bits per heavy atom. The number of hydrogen-bond acceptors (Lipinski definition) is 2. The van der Waals surface area contributed by atoms with Crippen molar-refractivity contribution in [2.45, 2.75) is 33.1 Å². The second kappa shape index (κ2) is 2.96. The van der Waals surface area contributed by atoms with E-state index in [1.54, 1.807) is 0 Å². The highest BCUT2D eigenvalue weighted by molar-refractivity contribution is 5.81. The van der Waals surface area contributed by atoms with Gasteiger partial charge >= 0.3 is 0 Å². The minimum absolute atomic E-state index is 0.126. The molecule has 0 spiro atoms. The van der Waals surface area contributed by atoms with Crippen molar-refractivity contribution in [3.8, 4) is 0 Å². The maximum absolute atomic E-state index is 11.5. The molecule has 2 aliphatic rings. The largest absolute Gasteiger partial charge is 0.381 e. The SMILES string of the molecule is CC1(C)CC2(C(N)=O)CCOC[C@H]1C2. The Morgan fingerprint density at radius 2 is 2.21 bits per heavy atom. The van der Waals surface area contributed by atoms with Crippen LogP contribution in [0.3, 0.4) is 0 Å². The number of carbonyl (C=O) groups is 1. The average molecular weight is 197 g/mol. The number of rotatable bonds is 1. The lowest BCUT2D eigenvalue weighted by molar-refractivity contribution is -0.128. The molecule has 1 amide bonds. The molecule has 14 heavy (non-hydrogen) atoms. The van der Waals surface area contributed by atoms with Crippen molar-refractivity contribution in [1.29, 1.82) is 0 Å². The van der Waals surface area contributed by atoms with E-state index in [-0.39, 0.29) is 16.7 Å². The predicted molar refractivity (Wildman–Crippen MR) is 53.6 cm³/mol. The molecule has 0 radical (unpaired) electrons. The van der Waals surface area contributed by atoms with Gasteiger partial charge in [-0.25, -0.2) is 0 Å². The van der Waals surface area contributed by atoms with E-state index in [4.69, 9.17) is 10.5 Å². The van der Waals surface area contributed by atoms with Gasteiger partial charge < -0.3 is 10.5 Å². The third kappa shape index (κ3) is 1.34. The van der Waals surface area contributed by atoms with Crippen molar-refractivity contribution < 1.29 is 9.53 Å². The summed E-state index contributed by atoms with van der Waals surface area (Å²) in [7, 11) is 0. The standard InChI is InChI=1S/C11H19NO2/c1-10(2)7-11(9(12)13)3-4-14-6-8(10)5-11/h8H,3-7H2,1-2H3,(H2,12,13)/t8-,11?/m1/s1. The quantitative estimate of drug-likeness (QED) is 0.689. The molecule has 0 aromatic rings. The summed E-state index contributed by atoms with van der Waals surface area (Å²) in [5, 5.41) is 0. The third-order valence-electron chi connectivity index (χ3n) is 4.10. The van der Waals surface area contributed by atoms with Crippen molar-refractivity contribution in [2.24, 2.45) is 22.5 Å². The van der Waals surface area contributed by atoms with Crippen molar-refractivity contribution >= 4 is 5.91 Å². The number of nitrogens with two attached hydrogens (primary N) is 1. The Hall–Kier alpha value is -0.570. The summed E-state index contributed by atoms with van der Waals surface area (Å²) in [6, 6.07) is 0. The highest BCUT2D eigenvalue weighted by Gasteiger charge is 2.53. The molecule has 2 rings (SSSR count). The van der Waals surface area contributed by atoms with E-state index in [9.17, 15) is 4.79 Å². The van der Waals surface area contributed by atoms with E-state index in [0.717, 1.165) is 25.9 Å². The summed E-state index contributed by atoms with van der Waals surface area (Å²) < 4.78 is 5.53. The second-order valence-electron chi connectivity index (χ2n) is 5.54. The lowest BCUT2D eigenvalue weighted by Crippen LogP contribution is -2.36. The van der Waals surface area contributed by atoms with E-state index in [1.807, 2.05) is 0 Å². The maximum atomic E-state index is 11.5. The Balaban J connectivity index is 2.30. The molecule has 80 valence electrons.